The Bertz CT molecular complexity index is 778. The molecule has 0 aromatic carbocycles. The maximum Gasteiger partial charge on any atom is 0.306 e. The molecular formula is C44H82O6. The minimum absolute atomic E-state index is 0.0691. The molecule has 0 heterocycles. The number of carbonyl (C=O) groups excluding carboxylic acids is 3. The molecule has 6 nitrogen and oxygen atoms in total. The number of carbonyl (C=O) groups is 3. The Kier molecular flexibility index (Phi) is 38.5. The Morgan fingerprint density at radius 1 is 0.380 bits per heavy atom. The second kappa shape index (κ2) is 39.9. The molecule has 0 saturated carbocycles. The molecule has 0 aromatic heterocycles. The van der Waals surface area contributed by atoms with Gasteiger partial charge in [0, 0.05) is 19.3 Å². The maximum atomic E-state index is 12.6. The van der Waals surface area contributed by atoms with E-state index in [1.54, 1.807) is 0 Å². The summed E-state index contributed by atoms with van der Waals surface area (Å²) in [5, 5.41) is 0. The largest absolute Gasteiger partial charge is 0.462 e. The number of unbranched alkanes of at least 4 members (excludes halogenated alkanes) is 26. The monoisotopic (exact) mass is 707 g/mol. The standard InChI is InChI=1S/C44H82O6/c1-4-7-10-13-16-19-20-21-22-23-26-28-31-34-37-43(46)49-40-41(50-44(47)38-35-32-29-25-18-15-12-9-6-3)39-48-42(45)36-33-30-27-24-17-14-11-8-5-2/h20-21,41H,4-19,22-40H2,1-3H3/b21-20-. The molecule has 0 aliphatic rings. The molecule has 1 unspecified atom stereocenters. The first kappa shape index (κ1) is 48.1. The van der Waals surface area contributed by atoms with Crippen LogP contribution in [0.1, 0.15) is 233 Å². The summed E-state index contributed by atoms with van der Waals surface area (Å²) in [5.74, 6) is -0.879. The lowest BCUT2D eigenvalue weighted by atomic mass is 10.1. The fraction of sp³-hybridized carbons (Fsp3) is 0.886. The van der Waals surface area contributed by atoms with Crippen LogP contribution in [0.25, 0.3) is 0 Å². The zero-order valence-corrected chi connectivity index (χ0v) is 33.4. The van der Waals surface area contributed by atoms with E-state index in [0.29, 0.717) is 19.3 Å². The van der Waals surface area contributed by atoms with Gasteiger partial charge in [0.25, 0.3) is 0 Å². The van der Waals surface area contributed by atoms with Crippen LogP contribution in [0.15, 0.2) is 12.2 Å². The zero-order valence-electron chi connectivity index (χ0n) is 33.4. The van der Waals surface area contributed by atoms with E-state index in [1.165, 1.54) is 128 Å². The Morgan fingerprint density at radius 2 is 0.660 bits per heavy atom. The maximum absolute atomic E-state index is 12.6. The molecule has 0 N–H and O–H groups in total. The minimum Gasteiger partial charge on any atom is -0.462 e. The highest BCUT2D eigenvalue weighted by atomic mass is 16.6. The van der Waals surface area contributed by atoms with Crippen LogP contribution in [0.5, 0.6) is 0 Å². The lowest BCUT2D eigenvalue weighted by Crippen LogP contribution is -2.30. The summed E-state index contributed by atoms with van der Waals surface area (Å²) in [5.41, 5.74) is 0. The van der Waals surface area contributed by atoms with E-state index in [0.717, 1.165) is 64.2 Å². The molecule has 0 saturated heterocycles. The third-order valence-electron chi connectivity index (χ3n) is 9.52. The van der Waals surface area contributed by atoms with E-state index in [2.05, 4.69) is 32.9 Å². The van der Waals surface area contributed by atoms with Gasteiger partial charge in [-0.3, -0.25) is 14.4 Å². The van der Waals surface area contributed by atoms with E-state index < -0.39 is 6.10 Å². The highest BCUT2D eigenvalue weighted by molar-refractivity contribution is 5.71. The van der Waals surface area contributed by atoms with Gasteiger partial charge < -0.3 is 14.2 Å². The van der Waals surface area contributed by atoms with Gasteiger partial charge in [-0.15, -0.1) is 0 Å². The molecule has 0 spiro atoms. The van der Waals surface area contributed by atoms with Crippen molar-refractivity contribution in [1.29, 1.82) is 0 Å². The molecule has 6 heteroatoms. The Labute approximate surface area is 310 Å². The summed E-state index contributed by atoms with van der Waals surface area (Å²) < 4.78 is 16.6. The van der Waals surface area contributed by atoms with Crippen molar-refractivity contribution in [2.75, 3.05) is 13.2 Å². The third-order valence-corrected chi connectivity index (χ3v) is 9.52. The molecular weight excluding hydrogens is 624 g/mol. The zero-order chi connectivity index (χ0) is 36.6. The average molecular weight is 707 g/mol. The first-order chi connectivity index (χ1) is 24.5. The molecule has 0 bridgehead atoms. The van der Waals surface area contributed by atoms with Gasteiger partial charge in [-0.05, 0) is 44.9 Å². The molecule has 0 aliphatic heterocycles. The Morgan fingerprint density at radius 3 is 1.00 bits per heavy atom. The number of rotatable bonds is 39. The molecule has 0 rings (SSSR count). The van der Waals surface area contributed by atoms with Crippen molar-refractivity contribution in [2.24, 2.45) is 0 Å². The molecule has 1 atom stereocenters. The minimum atomic E-state index is -0.763. The normalized spacial score (nSPS) is 12.0. The van der Waals surface area contributed by atoms with Crippen LogP contribution in [0.2, 0.25) is 0 Å². The summed E-state index contributed by atoms with van der Waals surface area (Å²) in [4.78, 5) is 37.5. The number of ether oxygens (including phenoxy) is 3. The Hall–Kier alpha value is -1.85. The van der Waals surface area contributed by atoms with E-state index in [-0.39, 0.29) is 31.1 Å². The van der Waals surface area contributed by atoms with Gasteiger partial charge in [0.05, 0.1) is 0 Å². The van der Waals surface area contributed by atoms with Gasteiger partial charge in [0.15, 0.2) is 6.10 Å². The van der Waals surface area contributed by atoms with Crippen LogP contribution in [0.3, 0.4) is 0 Å². The number of hydrogen-bond donors (Lipinski definition) is 0. The predicted octanol–water partition coefficient (Wildman–Crippen LogP) is 13.5. The summed E-state index contributed by atoms with van der Waals surface area (Å²) in [6.45, 7) is 6.58. The first-order valence-electron chi connectivity index (χ1n) is 21.7. The quantitative estimate of drug-likeness (QED) is 0.0274. The summed E-state index contributed by atoms with van der Waals surface area (Å²) in [6, 6.07) is 0. The molecule has 0 radical (unpaired) electrons. The molecule has 0 amide bonds. The number of allylic oxidation sites excluding steroid dienone is 2. The van der Waals surface area contributed by atoms with Crippen molar-refractivity contribution in [3.05, 3.63) is 12.2 Å². The van der Waals surface area contributed by atoms with Gasteiger partial charge in [-0.25, -0.2) is 0 Å². The molecule has 0 aliphatic carbocycles. The van der Waals surface area contributed by atoms with Crippen LogP contribution >= 0.6 is 0 Å². The summed E-state index contributed by atoms with van der Waals surface area (Å²) in [6.07, 6.45) is 40.5. The van der Waals surface area contributed by atoms with Crippen LogP contribution in [-0.2, 0) is 28.6 Å². The van der Waals surface area contributed by atoms with Gasteiger partial charge in [-0.1, -0.05) is 181 Å². The fourth-order valence-corrected chi connectivity index (χ4v) is 6.20. The smallest absolute Gasteiger partial charge is 0.306 e. The van der Waals surface area contributed by atoms with Crippen molar-refractivity contribution in [3.8, 4) is 0 Å². The number of hydrogen-bond acceptors (Lipinski definition) is 6. The summed E-state index contributed by atoms with van der Waals surface area (Å²) in [7, 11) is 0. The highest BCUT2D eigenvalue weighted by Crippen LogP contribution is 2.14. The molecule has 294 valence electrons. The third kappa shape index (κ3) is 37.4. The van der Waals surface area contributed by atoms with E-state index in [1.807, 2.05) is 0 Å². The summed E-state index contributed by atoms with van der Waals surface area (Å²) >= 11 is 0. The van der Waals surface area contributed by atoms with Crippen LogP contribution in [-0.4, -0.2) is 37.2 Å². The van der Waals surface area contributed by atoms with E-state index in [9.17, 15) is 14.4 Å². The van der Waals surface area contributed by atoms with Crippen molar-refractivity contribution in [2.45, 2.75) is 239 Å². The van der Waals surface area contributed by atoms with E-state index in [4.69, 9.17) is 14.2 Å². The highest BCUT2D eigenvalue weighted by Gasteiger charge is 2.19. The molecule has 0 aromatic rings. The molecule has 0 fully saturated rings. The Balaban J connectivity index is 4.32. The predicted molar refractivity (Wildman–Crippen MR) is 210 cm³/mol. The van der Waals surface area contributed by atoms with Gasteiger partial charge in [0.2, 0.25) is 0 Å². The second-order valence-corrected chi connectivity index (χ2v) is 14.6. The van der Waals surface area contributed by atoms with E-state index >= 15 is 0 Å². The fourth-order valence-electron chi connectivity index (χ4n) is 6.20. The first-order valence-corrected chi connectivity index (χ1v) is 21.7. The van der Waals surface area contributed by atoms with Gasteiger partial charge in [-0.2, -0.15) is 0 Å². The number of esters is 3. The second-order valence-electron chi connectivity index (χ2n) is 14.6. The van der Waals surface area contributed by atoms with Crippen molar-refractivity contribution in [3.63, 3.8) is 0 Å². The van der Waals surface area contributed by atoms with Crippen LogP contribution in [0, 0.1) is 0 Å². The average Bonchev–Trinajstić information content (AvgIpc) is 3.11. The lowest BCUT2D eigenvalue weighted by Gasteiger charge is -2.18. The van der Waals surface area contributed by atoms with Crippen LogP contribution < -0.4 is 0 Å². The van der Waals surface area contributed by atoms with Crippen molar-refractivity contribution >= 4 is 17.9 Å². The topological polar surface area (TPSA) is 78.9 Å². The van der Waals surface area contributed by atoms with Crippen molar-refractivity contribution in [1.82, 2.24) is 0 Å². The SMILES string of the molecule is CCCCCCC/C=C\CCCCCCCC(=O)OCC(COC(=O)CCCCCCCCCCC)OC(=O)CCCCCCCCCCC. The van der Waals surface area contributed by atoms with Gasteiger partial charge in [0.1, 0.15) is 13.2 Å². The molecule has 50 heavy (non-hydrogen) atoms. The van der Waals surface area contributed by atoms with Crippen LogP contribution in [0.4, 0.5) is 0 Å². The van der Waals surface area contributed by atoms with Crippen molar-refractivity contribution < 1.29 is 28.6 Å². The van der Waals surface area contributed by atoms with Gasteiger partial charge >= 0.3 is 17.9 Å². The lowest BCUT2D eigenvalue weighted by molar-refractivity contribution is -0.167.